The van der Waals surface area contributed by atoms with Crippen molar-refractivity contribution in [1.82, 2.24) is 20.2 Å². The van der Waals surface area contributed by atoms with Crippen molar-refractivity contribution in [2.45, 2.75) is 13.8 Å². The summed E-state index contributed by atoms with van der Waals surface area (Å²) >= 11 is 0. The molecule has 0 fully saturated rings. The summed E-state index contributed by atoms with van der Waals surface area (Å²) in [5.74, 6) is 0. The lowest BCUT2D eigenvalue weighted by molar-refractivity contribution is 1.06. The second kappa shape index (κ2) is 8.61. The third kappa shape index (κ3) is 4.29. The zero-order valence-electron chi connectivity index (χ0n) is 17.5. The standard InChI is InChI=1S/C24H27N5/c1-7-9-10-18-13-23(26-17(18)4)24-21(22(8-2)27-28-24)11-16(3)19-12-20(29(5)6)15-25-14-19/h7-15,26-27H,1,3H2,2,4-6H3/b10-9-,21-11+,22-8+. The van der Waals surface area contributed by atoms with Crippen LogP contribution in [0.1, 0.15) is 23.7 Å². The van der Waals surface area contributed by atoms with Gasteiger partial charge in [-0.15, -0.1) is 0 Å². The molecule has 0 bridgehead atoms. The third-order valence-corrected chi connectivity index (χ3v) is 4.77. The molecule has 5 heteroatoms. The Hall–Kier alpha value is -3.60. The first-order chi connectivity index (χ1) is 13.9. The fourth-order valence-electron chi connectivity index (χ4n) is 3.09. The first kappa shape index (κ1) is 20.1. The van der Waals surface area contributed by atoms with Gasteiger partial charge in [0.25, 0.3) is 0 Å². The van der Waals surface area contributed by atoms with E-state index >= 15 is 0 Å². The Kier molecular flexibility index (Phi) is 5.98. The molecular weight excluding hydrogens is 358 g/mol. The van der Waals surface area contributed by atoms with Gasteiger partial charge >= 0.3 is 0 Å². The van der Waals surface area contributed by atoms with E-state index in [2.05, 4.69) is 51.5 Å². The van der Waals surface area contributed by atoms with Crippen molar-refractivity contribution in [1.29, 1.82) is 0 Å². The molecule has 0 radical (unpaired) electrons. The minimum atomic E-state index is 0.859. The van der Waals surface area contributed by atoms with Crippen LogP contribution in [0.2, 0.25) is 0 Å². The average Bonchev–Trinajstić information content (AvgIpc) is 3.29. The number of aromatic nitrogens is 4. The van der Waals surface area contributed by atoms with E-state index in [4.69, 9.17) is 0 Å². The minimum absolute atomic E-state index is 0.859. The zero-order valence-corrected chi connectivity index (χ0v) is 17.5. The number of nitrogens with one attached hydrogen (secondary N) is 2. The quantitative estimate of drug-likeness (QED) is 0.637. The van der Waals surface area contributed by atoms with Gasteiger partial charge in [-0.25, -0.2) is 0 Å². The normalized spacial score (nSPS) is 12.7. The van der Waals surface area contributed by atoms with E-state index in [1.807, 2.05) is 63.5 Å². The van der Waals surface area contributed by atoms with Crippen LogP contribution in [-0.2, 0) is 0 Å². The first-order valence-corrected chi connectivity index (χ1v) is 9.47. The van der Waals surface area contributed by atoms with Crippen LogP contribution >= 0.6 is 0 Å². The van der Waals surface area contributed by atoms with Crippen molar-refractivity contribution in [3.63, 3.8) is 0 Å². The third-order valence-electron chi connectivity index (χ3n) is 4.77. The van der Waals surface area contributed by atoms with Gasteiger partial charge in [0.1, 0.15) is 5.69 Å². The van der Waals surface area contributed by atoms with Crippen LogP contribution in [0.4, 0.5) is 5.69 Å². The number of rotatable bonds is 6. The predicted octanol–water partition coefficient (Wildman–Crippen LogP) is 3.67. The lowest BCUT2D eigenvalue weighted by Gasteiger charge is -2.12. The summed E-state index contributed by atoms with van der Waals surface area (Å²) in [5, 5.41) is 9.63. The van der Waals surface area contributed by atoms with E-state index < -0.39 is 0 Å². The number of nitrogens with zero attached hydrogens (tertiary/aromatic N) is 3. The molecule has 0 amide bonds. The minimum Gasteiger partial charge on any atom is -0.376 e. The summed E-state index contributed by atoms with van der Waals surface area (Å²) in [6.07, 6.45) is 13.5. The highest BCUT2D eigenvalue weighted by molar-refractivity contribution is 5.88. The molecule has 29 heavy (non-hydrogen) atoms. The SMILES string of the molecule is C=C/C=C\c1cc(-c2n[nH]c(=C/C)/c2=C\C(=C)c2cncc(N(C)C)c2)[nH]c1C. The monoisotopic (exact) mass is 385 g/mol. The first-order valence-electron chi connectivity index (χ1n) is 9.47. The Bertz CT molecular complexity index is 1190. The maximum atomic E-state index is 4.56. The highest BCUT2D eigenvalue weighted by Crippen LogP contribution is 2.21. The number of aryl methyl sites for hydroxylation is 1. The van der Waals surface area contributed by atoms with Gasteiger partial charge < -0.3 is 9.88 Å². The van der Waals surface area contributed by atoms with E-state index in [0.29, 0.717) is 0 Å². The maximum absolute atomic E-state index is 4.56. The van der Waals surface area contributed by atoms with Crippen LogP contribution in [-0.4, -0.2) is 34.3 Å². The van der Waals surface area contributed by atoms with Crippen LogP contribution < -0.4 is 15.5 Å². The largest absolute Gasteiger partial charge is 0.376 e. The summed E-state index contributed by atoms with van der Waals surface area (Å²) in [6, 6.07) is 4.18. The fourth-order valence-corrected chi connectivity index (χ4v) is 3.09. The number of pyridine rings is 1. The van der Waals surface area contributed by atoms with Gasteiger partial charge in [0.15, 0.2) is 0 Å². The van der Waals surface area contributed by atoms with Crippen LogP contribution in [0, 0.1) is 6.92 Å². The van der Waals surface area contributed by atoms with Gasteiger partial charge in [0.05, 0.1) is 22.9 Å². The number of allylic oxidation sites excluding steroid dienone is 3. The Balaban J connectivity index is 2.10. The van der Waals surface area contributed by atoms with Crippen LogP contribution in [0.5, 0.6) is 0 Å². The van der Waals surface area contributed by atoms with Crippen LogP contribution in [0.15, 0.2) is 49.8 Å². The second-order valence-electron chi connectivity index (χ2n) is 7.04. The Morgan fingerprint density at radius 1 is 1.21 bits per heavy atom. The molecular formula is C24H27N5. The molecule has 148 valence electrons. The number of aromatic amines is 2. The number of hydrogen-bond donors (Lipinski definition) is 2. The van der Waals surface area contributed by atoms with Crippen molar-refractivity contribution >= 4 is 29.5 Å². The number of hydrogen-bond acceptors (Lipinski definition) is 3. The molecule has 0 aliphatic rings. The Morgan fingerprint density at radius 3 is 2.69 bits per heavy atom. The fraction of sp³-hybridized carbons (Fsp3) is 0.167. The highest BCUT2D eigenvalue weighted by Gasteiger charge is 2.10. The van der Waals surface area contributed by atoms with E-state index in [0.717, 1.165) is 50.0 Å². The highest BCUT2D eigenvalue weighted by atomic mass is 15.1. The van der Waals surface area contributed by atoms with E-state index in [1.54, 1.807) is 6.08 Å². The van der Waals surface area contributed by atoms with Crippen LogP contribution in [0.3, 0.4) is 0 Å². The molecule has 3 aromatic rings. The number of anilines is 1. The predicted molar refractivity (Wildman–Crippen MR) is 124 cm³/mol. The van der Waals surface area contributed by atoms with Crippen molar-refractivity contribution in [2.75, 3.05) is 19.0 Å². The van der Waals surface area contributed by atoms with Gasteiger partial charge in [-0.2, -0.15) is 5.10 Å². The molecule has 0 aromatic carbocycles. The Morgan fingerprint density at radius 2 is 2.00 bits per heavy atom. The lowest BCUT2D eigenvalue weighted by atomic mass is 10.1. The molecule has 0 spiro atoms. The maximum Gasteiger partial charge on any atom is 0.116 e. The van der Waals surface area contributed by atoms with Crippen molar-refractivity contribution in [3.05, 3.63) is 77.2 Å². The Labute approximate surface area is 171 Å². The van der Waals surface area contributed by atoms with E-state index in [-0.39, 0.29) is 0 Å². The van der Waals surface area contributed by atoms with Gasteiger partial charge in [-0.1, -0.05) is 37.5 Å². The summed E-state index contributed by atoms with van der Waals surface area (Å²) in [4.78, 5) is 9.81. The smallest absolute Gasteiger partial charge is 0.116 e. The summed E-state index contributed by atoms with van der Waals surface area (Å²) in [7, 11) is 4.00. The molecule has 3 aromatic heterocycles. The van der Waals surface area contributed by atoms with Gasteiger partial charge in [0.2, 0.25) is 0 Å². The van der Waals surface area contributed by atoms with E-state index in [1.165, 1.54) is 0 Å². The molecule has 0 saturated carbocycles. The van der Waals surface area contributed by atoms with E-state index in [9.17, 15) is 0 Å². The molecule has 0 saturated heterocycles. The molecule has 0 atom stereocenters. The zero-order chi connectivity index (χ0) is 21.0. The van der Waals surface area contributed by atoms with Crippen molar-refractivity contribution in [2.24, 2.45) is 0 Å². The summed E-state index contributed by atoms with van der Waals surface area (Å²) in [5.41, 5.74) is 6.88. The molecule has 0 aliphatic carbocycles. The number of H-pyrrole nitrogens is 2. The van der Waals surface area contributed by atoms with Gasteiger partial charge in [0, 0.05) is 36.8 Å². The van der Waals surface area contributed by atoms with Gasteiger partial charge in [-0.05, 0) is 43.2 Å². The van der Waals surface area contributed by atoms with Crippen molar-refractivity contribution in [3.8, 4) is 11.4 Å². The lowest BCUT2D eigenvalue weighted by Crippen LogP contribution is -2.23. The van der Waals surface area contributed by atoms with Crippen LogP contribution in [0.25, 0.3) is 35.2 Å². The topological polar surface area (TPSA) is 60.6 Å². The summed E-state index contributed by atoms with van der Waals surface area (Å²) in [6.45, 7) is 12.0. The molecule has 2 N–H and O–H groups in total. The van der Waals surface area contributed by atoms with Crippen molar-refractivity contribution < 1.29 is 0 Å². The average molecular weight is 386 g/mol. The molecule has 5 nitrogen and oxygen atoms in total. The molecule has 0 aliphatic heterocycles. The summed E-state index contributed by atoms with van der Waals surface area (Å²) < 4.78 is 0. The second-order valence-corrected chi connectivity index (χ2v) is 7.04. The molecule has 3 rings (SSSR count). The van der Waals surface area contributed by atoms with Gasteiger partial charge in [-0.3, -0.25) is 10.1 Å². The molecule has 0 unspecified atom stereocenters. The molecule has 3 heterocycles.